The molecule has 0 saturated heterocycles. The van der Waals surface area contributed by atoms with Crippen LogP contribution in [0.15, 0.2) is 42.6 Å². The lowest BCUT2D eigenvalue weighted by Gasteiger charge is -2.20. The number of benzene rings is 1. The van der Waals surface area contributed by atoms with E-state index in [2.05, 4.69) is 27.8 Å². The van der Waals surface area contributed by atoms with Crippen molar-refractivity contribution in [3.8, 4) is 0 Å². The number of carbonyl (C=O) groups is 2. The van der Waals surface area contributed by atoms with Gasteiger partial charge in [-0.1, -0.05) is 24.3 Å². The van der Waals surface area contributed by atoms with E-state index >= 15 is 0 Å². The molecule has 0 saturated carbocycles. The predicted octanol–water partition coefficient (Wildman–Crippen LogP) is 2.45. The van der Waals surface area contributed by atoms with Gasteiger partial charge in [-0.3, -0.25) is 14.6 Å². The number of fused-ring (bicyclic) bond motifs is 1. The first-order chi connectivity index (χ1) is 12.1. The van der Waals surface area contributed by atoms with Gasteiger partial charge in [0.25, 0.3) is 0 Å². The third kappa shape index (κ3) is 4.44. The Kier molecular flexibility index (Phi) is 5.43. The van der Waals surface area contributed by atoms with E-state index in [1.165, 1.54) is 24.0 Å². The van der Waals surface area contributed by atoms with Gasteiger partial charge < -0.3 is 10.6 Å². The molecule has 1 aliphatic rings. The summed E-state index contributed by atoms with van der Waals surface area (Å²) in [7, 11) is 0. The summed E-state index contributed by atoms with van der Waals surface area (Å²) in [5.41, 5.74) is 4.52. The molecule has 5 heteroatoms. The topological polar surface area (TPSA) is 71.1 Å². The molecular formula is C20H23N3O2. The Hall–Kier alpha value is -2.69. The van der Waals surface area contributed by atoms with Gasteiger partial charge in [-0.25, -0.2) is 0 Å². The summed E-state index contributed by atoms with van der Waals surface area (Å²) in [5, 5.41) is 5.36. The molecule has 2 N–H and O–H groups in total. The summed E-state index contributed by atoms with van der Waals surface area (Å²) < 4.78 is 0. The lowest BCUT2D eigenvalue weighted by molar-refractivity contribution is -0.139. The molecule has 130 valence electrons. The molecule has 5 nitrogen and oxygen atoms in total. The number of pyridine rings is 1. The molecule has 1 heterocycles. The Morgan fingerprint density at radius 3 is 2.64 bits per heavy atom. The smallest absolute Gasteiger partial charge is 0.309 e. The second-order valence-corrected chi connectivity index (χ2v) is 6.43. The fourth-order valence-electron chi connectivity index (χ4n) is 3.12. The van der Waals surface area contributed by atoms with Crippen LogP contribution < -0.4 is 10.6 Å². The lowest BCUT2D eigenvalue weighted by atomic mass is 9.89. The molecule has 1 aliphatic carbocycles. The number of nitrogens with one attached hydrogen (secondary N) is 2. The van der Waals surface area contributed by atoms with Gasteiger partial charge >= 0.3 is 11.8 Å². The average Bonchev–Trinajstić information content (AvgIpc) is 2.66. The van der Waals surface area contributed by atoms with E-state index in [0.717, 1.165) is 18.4 Å². The van der Waals surface area contributed by atoms with Crippen LogP contribution in [0.4, 0.5) is 0 Å². The summed E-state index contributed by atoms with van der Waals surface area (Å²) >= 11 is 0. The number of nitrogens with zero attached hydrogens (tertiary/aromatic N) is 1. The van der Waals surface area contributed by atoms with Crippen LogP contribution in [-0.4, -0.2) is 16.8 Å². The third-order valence-corrected chi connectivity index (χ3v) is 4.58. The van der Waals surface area contributed by atoms with Crippen molar-refractivity contribution in [2.45, 2.75) is 45.2 Å². The van der Waals surface area contributed by atoms with Gasteiger partial charge in [0.05, 0.1) is 18.3 Å². The van der Waals surface area contributed by atoms with Crippen molar-refractivity contribution in [1.29, 1.82) is 0 Å². The number of carbonyl (C=O) groups excluding carboxylic acids is 2. The van der Waals surface area contributed by atoms with Crippen molar-refractivity contribution in [3.63, 3.8) is 0 Å². The summed E-state index contributed by atoms with van der Waals surface area (Å²) in [6, 6.07) is 11.6. The monoisotopic (exact) mass is 337 g/mol. The molecule has 3 rings (SSSR count). The number of aryl methyl sites for hydroxylation is 2. The third-order valence-electron chi connectivity index (χ3n) is 4.58. The van der Waals surface area contributed by atoms with Gasteiger partial charge in [0.15, 0.2) is 0 Å². The molecule has 25 heavy (non-hydrogen) atoms. The van der Waals surface area contributed by atoms with Crippen molar-refractivity contribution in [2.24, 2.45) is 0 Å². The van der Waals surface area contributed by atoms with Gasteiger partial charge in [-0.05, 0) is 61.4 Å². The molecule has 0 fully saturated rings. The predicted molar refractivity (Wildman–Crippen MR) is 95.7 cm³/mol. The quantitative estimate of drug-likeness (QED) is 0.842. The zero-order valence-corrected chi connectivity index (χ0v) is 14.4. The number of hydrogen-bond donors (Lipinski definition) is 2. The van der Waals surface area contributed by atoms with Crippen LogP contribution in [0.3, 0.4) is 0 Å². The summed E-state index contributed by atoms with van der Waals surface area (Å²) in [6.07, 6.45) is 6.34. The van der Waals surface area contributed by atoms with Crippen LogP contribution in [-0.2, 0) is 29.0 Å². The molecule has 0 aliphatic heterocycles. The van der Waals surface area contributed by atoms with Crippen molar-refractivity contribution in [2.75, 3.05) is 0 Å². The van der Waals surface area contributed by atoms with Crippen LogP contribution in [0.1, 0.15) is 48.2 Å². The first-order valence-electron chi connectivity index (χ1n) is 8.74. The van der Waals surface area contributed by atoms with Crippen molar-refractivity contribution < 1.29 is 9.59 Å². The van der Waals surface area contributed by atoms with E-state index in [1.54, 1.807) is 18.3 Å². The molecule has 1 unspecified atom stereocenters. The maximum atomic E-state index is 12.1. The number of rotatable bonds is 4. The summed E-state index contributed by atoms with van der Waals surface area (Å²) in [5.74, 6) is -1.27. The second kappa shape index (κ2) is 7.92. The van der Waals surface area contributed by atoms with E-state index in [-0.39, 0.29) is 12.6 Å². The van der Waals surface area contributed by atoms with Crippen LogP contribution in [0.25, 0.3) is 0 Å². The van der Waals surface area contributed by atoms with Crippen LogP contribution in [0.5, 0.6) is 0 Å². The normalized spacial score (nSPS) is 14.3. The Morgan fingerprint density at radius 1 is 1.08 bits per heavy atom. The maximum absolute atomic E-state index is 12.1. The van der Waals surface area contributed by atoms with E-state index in [9.17, 15) is 9.59 Å². The standard InChI is InChI=1S/C20H23N3O2/c1-14(16-10-9-15-6-2-3-7-17(15)12-16)23-20(25)19(24)22-13-18-8-4-5-11-21-18/h4-5,8-12,14H,2-3,6-7,13H2,1H3,(H,22,24)(H,23,25). The Balaban J connectivity index is 1.55. The minimum Gasteiger partial charge on any atom is -0.342 e. The molecule has 1 aromatic carbocycles. The van der Waals surface area contributed by atoms with E-state index in [0.29, 0.717) is 5.69 Å². The second-order valence-electron chi connectivity index (χ2n) is 6.43. The Labute approximate surface area is 147 Å². The highest BCUT2D eigenvalue weighted by Gasteiger charge is 2.18. The minimum absolute atomic E-state index is 0.208. The lowest BCUT2D eigenvalue weighted by Crippen LogP contribution is -2.40. The number of hydrogen-bond acceptors (Lipinski definition) is 3. The molecule has 1 atom stereocenters. The number of amides is 2. The molecule has 0 bridgehead atoms. The average molecular weight is 337 g/mol. The first-order valence-corrected chi connectivity index (χ1v) is 8.74. The van der Waals surface area contributed by atoms with Gasteiger partial charge in [0.1, 0.15) is 0 Å². The SMILES string of the molecule is CC(NC(=O)C(=O)NCc1ccccn1)c1ccc2c(c1)CCCC2. The summed E-state index contributed by atoms with van der Waals surface area (Å²) in [4.78, 5) is 28.2. The largest absolute Gasteiger partial charge is 0.342 e. The van der Waals surface area contributed by atoms with E-state index in [4.69, 9.17) is 0 Å². The highest BCUT2D eigenvalue weighted by Crippen LogP contribution is 2.24. The molecular weight excluding hydrogens is 314 g/mol. The minimum atomic E-state index is -0.643. The van der Waals surface area contributed by atoms with Crippen LogP contribution >= 0.6 is 0 Å². The zero-order chi connectivity index (χ0) is 17.6. The van der Waals surface area contributed by atoms with Gasteiger partial charge in [-0.2, -0.15) is 0 Å². The highest BCUT2D eigenvalue weighted by atomic mass is 16.2. The van der Waals surface area contributed by atoms with Crippen molar-refractivity contribution in [1.82, 2.24) is 15.6 Å². The van der Waals surface area contributed by atoms with E-state index < -0.39 is 11.8 Å². The number of aromatic nitrogens is 1. The maximum Gasteiger partial charge on any atom is 0.309 e. The van der Waals surface area contributed by atoms with E-state index in [1.807, 2.05) is 19.1 Å². The molecule has 0 radical (unpaired) electrons. The Bertz CT molecular complexity index is 759. The van der Waals surface area contributed by atoms with Gasteiger partial charge in [-0.15, -0.1) is 0 Å². The first kappa shape index (κ1) is 17.1. The fraction of sp³-hybridized carbons (Fsp3) is 0.350. The summed E-state index contributed by atoms with van der Waals surface area (Å²) in [6.45, 7) is 2.13. The zero-order valence-electron chi connectivity index (χ0n) is 14.4. The Morgan fingerprint density at radius 2 is 1.88 bits per heavy atom. The molecule has 2 amide bonds. The fourth-order valence-corrected chi connectivity index (χ4v) is 3.12. The van der Waals surface area contributed by atoms with Crippen molar-refractivity contribution in [3.05, 3.63) is 65.0 Å². The van der Waals surface area contributed by atoms with Gasteiger partial charge in [0, 0.05) is 6.20 Å². The highest BCUT2D eigenvalue weighted by molar-refractivity contribution is 6.35. The molecule has 0 spiro atoms. The van der Waals surface area contributed by atoms with Crippen molar-refractivity contribution >= 4 is 11.8 Å². The molecule has 2 aromatic rings. The van der Waals surface area contributed by atoms with Gasteiger partial charge in [0.2, 0.25) is 0 Å². The molecule has 1 aromatic heterocycles. The van der Waals surface area contributed by atoms with Crippen LogP contribution in [0.2, 0.25) is 0 Å². The van der Waals surface area contributed by atoms with Crippen LogP contribution in [0, 0.1) is 0 Å².